The standard InChI is InChI=1S/C20H32O4/c1-13(10-18(23)24)7-9-20(4)14(2)17(22)11-16-15(20)6-5-8-19(16,3)12-21/h11,13-15,21H,5-10,12H2,1-4H3,(H,23,24)/t13-,14-,15+,19-,20+/m0/s1. The van der Waals surface area contributed by atoms with Crippen LogP contribution in [0.15, 0.2) is 11.6 Å². The molecule has 0 unspecified atom stereocenters. The molecule has 24 heavy (non-hydrogen) atoms. The van der Waals surface area contributed by atoms with Crippen LogP contribution in [-0.2, 0) is 9.59 Å². The summed E-state index contributed by atoms with van der Waals surface area (Å²) in [6.07, 6.45) is 6.73. The Hall–Kier alpha value is -1.16. The molecule has 0 saturated heterocycles. The van der Waals surface area contributed by atoms with E-state index in [9.17, 15) is 14.7 Å². The van der Waals surface area contributed by atoms with Crippen LogP contribution in [-0.4, -0.2) is 28.6 Å². The third-order valence-corrected chi connectivity index (χ3v) is 6.85. The molecule has 0 bridgehead atoms. The number of fused-ring (bicyclic) bond motifs is 1. The van der Waals surface area contributed by atoms with Crippen molar-refractivity contribution in [1.82, 2.24) is 0 Å². The second kappa shape index (κ2) is 6.99. The lowest BCUT2D eigenvalue weighted by Gasteiger charge is -2.53. The van der Waals surface area contributed by atoms with Crippen molar-refractivity contribution in [1.29, 1.82) is 0 Å². The fraction of sp³-hybridized carbons (Fsp3) is 0.800. The second-order valence-corrected chi connectivity index (χ2v) is 8.63. The normalized spacial score (nSPS) is 37.5. The summed E-state index contributed by atoms with van der Waals surface area (Å²) in [5, 5.41) is 18.9. The van der Waals surface area contributed by atoms with Crippen LogP contribution in [0.4, 0.5) is 0 Å². The quantitative estimate of drug-likeness (QED) is 0.773. The average Bonchev–Trinajstić information content (AvgIpc) is 2.52. The third kappa shape index (κ3) is 3.44. The lowest BCUT2D eigenvalue weighted by Crippen LogP contribution is -2.48. The van der Waals surface area contributed by atoms with Crippen molar-refractivity contribution < 1.29 is 19.8 Å². The van der Waals surface area contributed by atoms with Crippen molar-refractivity contribution >= 4 is 11.8 Å². The van der Waals surface area contributed by atoms with E-state index in [1.165, 1.54) is 0 Å². The number of aliphatic hydroxyl groups excluding tert-OH is 1. The van der Waals surface area contributed by atoms with E-state index in [1.54, 1.807) is 0 Å². The number of carbonyl (C=O) groups excluding carboxylic acids is 1. The van der Waals surface area contributed by atoms with Crippen molar-refractivity contribution in [3.05, 3.63) is 11.6 Å². The minimum atomic E-state index is -0.758. The lowest BCUT2D eigenvalue weighted by atomic mass is 9.51. The maximum absolute atomic E-state index is 12.6. The SMILES string of the molecule is C[C@@H](CC[C@@]1(C)[C@@H]2CCC[C@@](C)(CO)C2=CC(=O)[C@@H]1C)CC(=O)O. The molecule has 0 aromatic heterocycles. The van der Waals surface area contributed by atoms with Crippen LogP contribution in [0, 0.1) is 28.6 Å². The Morgan fingerprint density at radius 2 is 2.08 bits per heavy atom. The van der Waals surface area contributed by atoms with Crippen LogP contribution < -0.4 is 0 Å². The molecule has 4 nitrogen and oxygen atoms in total. The Balaban J connectivity index is 2.26. The van der Waals surface area contributed by atoms with Crippen molar-refractivity contribution in [2.24, 2.45) is 28.6 Å². The molecule has 0 amide bonds. The smallest absolute Gasteiger partial charge is 0.303 e. The molecular formula is C20H32O4. The monoisotopic (exact) mass is 336 g/mol. The molecule has 0 heterocycles. The van der Waals surface area contributed by atoms with E-state index < -0.39 is 5.97 Å². The van der Waals surface area contributed by atoms with Gasteiger partial charge in [-0.3, -0.25) is 9.59 Å². The van der Waals surface area contributed by atoms with Crippen molar-refractivity contribution in [3.8, 4) is 0 Å². The van der Waals surface area contributed by atoms with Gasteiger partial charge in [0.1, 0.15) is 0 Å². The largest absolute Gasteiger partial charge is 0.481 e. The number of hydrogen-bond acceptors (Lipinski definition) is 3. The number of carbonyl (C=O) groups is 2. The molecule has 136 valence electrons. The summed E-state index contributed by atoms with van der Waals surface area (Å²) in [5.41, 5.74) is 0.699. The number of aliphatic carboxylic acids is 1. The van der Waals surface area contributed by atoms with Crippen LogP contribution in [0.3, 0.4) is 0 Å². The van der Waals surface area contributed by atoms with Gasteiger partial charge in [0, 0.05) is 17.8 Å². The molecule has 0 aromatic carbocycles. The van der Waals surface area contributed by atoms with Crippen LogP contribution in [0.2, 0.25) is 0 Å². The minimum Gasteiger partial charge on any atom is -0.481 e. The van der Waals surface area contributed by atoms with E-state index in [0.717, 1.165) is 37.7 Å². The number of carboxylic acid groups (broad SMARTS) is 1. The zero-order chi connectivity index (χ0) is 18.1. The predicted molar refractivity (Wildman–Crippen MR) is 93.5 cm³/mol. The van der Waals surface area contributed by atoms with E-state index in [0.29, 0.717) is 5.92 Å². The summed E-state index contributed by atoms with van der Waals surface area (Å²) in [4.78, 5) is 23.6. The fourth-order valence-corrected chi connectivity index (χ4v) is 4.80. The summed E-state index contributed by atoms with van der Waals surface area (Å²) < 4.78 is 0. The number of rotatable bonds is 6. The molecule has 2 N–H and O–H groups in total. The zero-order valence-corrected chi connectivity index (χ0v) is 15.5. The minimum absolute atomic E-state index is 0.0516. The molecule has 0 aromatic rings. The third-order valence-electron chi connectivity index (χ3n) is 6.85. The Morgan fingerprint density at radius 3 is 2.67 bits per heavy atom. The molecule has 5 atom stereocenters. The predicted octanol–water partition coefficient (Wildman–Crippen LogP) is 3.83. The zero-order valence-electron chi connectivity index (χ0n) is 15.5. The van der Waals surface area contributed by atoms with Crippen LogP contribution in [0.25, 0.3) is 0 Å². The molecule has 0 aliphatic heterocycles. The average molecular weight is 336 g/mol. The van der Waals surface area contributed by atoms with Crippen LogP contribution in [0.1, 0.15) is 66.2 Å². The summed E-state index contributed by atoms with van der Waals surface area (Å²) in [6, 6.07) is 0. The highest BCUT2D eigenvalue weighted by atomic mass is 16.4. The van der Waals surface area contributed by atoms with Gasteiger partial charge < -0.3 is 10.2 Å². The number of allylic oxidation sites excluding steroid dienone is 1. The van der Waals surface area contributed by atoms with Crippen molar-refractivity contribution in [2.75, 3.05) is 6.61 Å². The maximum Gasteiger partial charge on any atom is 0.303 e. The molecular weight excluding hydrogens is 304 g/mol. The topological polar surface area (TPSA) is 74.6 Å². The molecule has 1 fully saturated rings. The number of aliphatic hydroxyl groups is 1. The Kier molecular flexibility index (Phi) is 5.58. The van der Waals surface area contributed by atoms with Gasteiger partial charge in [-0.2, -0.15) is 0 Å². The van der Waals surface area contributed by atoms with Gasteiger partial charge in [0.05, 0.1) is 6.61 Å². The summed E-state index contributed by atoms with van der Waals surface area (Å²) >= 11 is 0. The van der Waals surface area contributed by atoms with Gasteiger partial charge in [0.25, 0.3) is 0 Å². The summed E-state index contributed by atoms with van der Waals surface area (Å²) in [7, 11) is 0. The number of ketones is 1. The molecule has 2 rings (SSSR count). The van der Waals surface area contributed by atoms with E-state index in [2.05, 4.69) is 13.8 Å². The van der Waals surface area contributed by atoms with Gasteiger partial charge in [-0.25, -0.2) is 0 Å². The highest BCUT2D eigenvalue weighted by Gasteiger charge is 2.51. The first kappa shape index (κ1) is 19.2. The Morgan fingerprint density at radius 1 is 1.42 bits per heavy atom. The van der Waals surface area contributed by atoms with E-state index >= 15 is 0 Å². The Labute approximate surface area is 145 Å². The van der Waals surface area contributed by atoms with E-state index in [1.807, 2.05) is 19.9 Å². The van der Waals surface area contributed by atoms with Crippen LogP contribution >= 0.6 is 0 Å². The first-order valence-corrected chi connectivity index (χ1v) is 9.22. The highest BCUT2D eigenvalue weighted by molar-refractivity contribution is 5.94. The van der Waals surface area contributed by atoms with Crippen molar-refractivity contribution in [2.45, 2.75) is 66.2 Å². The molecule has 1 saturated carbocycles. The maximum atomic E-state index is 12.6. The van der Waals surface area contributed by atoms with E-state index in [4.69, 9.17) is 5.11 Å². The van der Waals surface area contributed by atoms with Gasteiger partial charge in [-0.1, -0.05) is 39.7 Å². The molecule has 2 aliphatic rings. The van der Waals surface area contributed by atoms with Crippen LogP contribution in [0.5, 0.6) is 0 Å². The molecule has 2 aliphatic carbocycles. The van der Waals surface area contributed by atoms with Gasteiger partial charge in [0.2, 0.25) is 0 Å². The van der Waals surface area contributed by atoms with Gasteiger partial charge in [-0.05, 0) is 49.0 Å². The van der Waals surface area contributed by atoms with Crippen molar-refractivity contribution in [3.63, 3.8) is 0 Å². The Bertz CT molecular complexity index is 538. The van der Waals surface area contributed by atoms with Gasteiger partial charge in [0.15, 0.2) is 5.78 Å². The van der Waals surface area contributed by atoms with E-state index in [-0.39, 0.29) is 41.5 Å². The summed E-state index contributed by atoms with van der Waals surface area (Å²) in [5.74, 6) is -0.219. The first-order chi connectivity index (χ1) is 11.1. The first-order valence-electron chi connectivity index (χ1n) is 9.22. The second-order valence-electron chi connectivity index (χ2n) is 8.63. The molecule has 0 spiro atoms. The highest BCUT2D eigenvalue weighted by Crippen LogP contribution is 2.57. The molecule has 4 heteroatoms. The van der Waals surface area contributed by atoms with Gasteiger partial charge in [-0.15, -0.1) is 0 Å². The lowest BCUT2D eigenvalue weighted by molar-refractivity contribution is -0.138. The number of carboxylic acids is 1. The summed E-state index contributed by atoms with van der Waals surface area (Å²) in [6.45, 7) is 8.35. The fourth-order valence-electron chi connectivity index (χ4n) is 4.80. The molecule has 0 radical (unpaired) electrons. The number of hydrogen-bond donors (Lipinski definition) is 2. The van der Waals surface area contributed by atoms with Gasteiger partial charge >= 0.3 is 5.97 Å².